The molecule has 1 atom stereocenters. The monoisotopic (exact) mass is 131 g/mol. The summed E-state index contributed by atoms with van der Waals surface area (Å²) in [6, 6.07) is -0.232. The zero-order valence-electron chi connectivity index (χ0n) is 5.35. The van der Waals surface area contributed by atoms with E-state index in [1.165, 1.54) is 0 Å². The molecular formula is C5H11N2O2. The molecule has 0 aromatic rings. The van der Waals surface area contributed by atoms with E-state index in [4.69, 9.17) is 10.8 Å². The first-order valence-electron chi connectivity index (χ1n) is 2.76. The van der Waals surface area contributed by atoms with Crippen molar-refractivity contribution < 1.29 is 9.90 Å². The van der Waals surface area contributed by atoms with Crippen LogP contribution in [0.25, 0.3) is 0 Å². The average Bonchev–Trinajstić information content (AvgIpc) is 1.63. The Balaban J connectivity index is 3.01. The van der Waals surface area contributed by atoms with Gasteiger partial charge in [0.05, 0.1) is 6.54 Å². The minimum atomic E-state index is -0.879. The molecule has 0 aromatic heterocycles. The van der Waals surface area contributed by atoms with E-state index in [9.17, 15) is 4.79 Å². The smallest absolute Gasteiger partial charge is 0.317 e. The number of rotatable bonds is 4. The first-order valence-corrected chi connectivity index (χ1v) is 2.76. The van der Waals surface area contributed by atoms with Gasteiger partial charge >= 0.3 is 5.97 Å². The van der Waals surface area contributed by atoms with E-state index in [2.05, 4.69) is 5.32 Å². The second-order valence-corrected chi connectivity index (χ2v) is 1.93. The molecule has 1 unspecified atom stereocenters. The summed E-state index contributed by atoms with van der Waals surface area (Å²) in [5, 5.41) is 10.7. The number of hydrogen-bond acceptors (Lipinski definition) is 2. The predicted molar refractivity (Wildman–Crippen MR) is 33.1 cm³/mol. The maximum atomic E-state index is 9.86. The van der Waals surface area contributed by atoms with Crippen molar-refractivity contribution in [3.05, 3.63) is 0 Å². The molecular weight excluding hydrogens is 120 g/mol. The lowest BCUT2D eigenvalue weighted by Crippen LogP contribution is -2.30. The summed E-state index contributed by atoms with van der Waals surface area (Å²) in [6.45, 7) is 2.09. The van der Waals surface area contributed by atoms with E-state index in [-0.39, 0.29) is 12.6 Å². The third-order valence-electron chi connectivity index (χ3n) is 0.727. The maximum Gasteiger partial charge on any atom is 0.317 e. The van der Waals surface area contributed by atoms with Gasteiger partial charge in [-0.25, -0.2) is 0 Å². The van der Waals surface area contributed by atoms with E-state index < -0.39 is 5.97 Å². The van der Waals surface area contributed by atoms with Crippen LogP contribution in [0.15, 0.2) is 0 Å². The Morgan fingerprint density at radius 3 is 2.78 bits per heavy atom. The topological polar surface area (TPSA) is 73.1 Å². The average molecular weight is 131 g/mol. The largest absolute Gasteiger partial charge is 0.480 e. The molecule has 0 heterocycles. The fraction of sp³-hybridized carbons (Fsp3) is 0.800. The van der Waals surface area contributed by atoms with Gasteiger partial charge in [0.1, 0.15) is 0 Å². The van der Waals surface area contributed by atoms with Crippen molar-refractivity contribution >= 4 is 5.97 Å². The number of hydrogen-bond donors (Lipinski definition) is 2. The van der Waals surface area contributed by atoms with Crippen LogP contribution in [0.3, 0.4) is 0 Å². The minimum absolute atomic E-state index is 0.0524. The van der Waals surface area contributed by atoms with Gasteiger partial charge in [0.15, 0.2) is 0 Å². The standard InChI is InChI=1S/C5H11N2O2/c1-4(6)2-7-3-5(8)9/h4,6-7H,2-3H2,1H3,(H,8,9). The lowest BCUT2D eigenvalue weighted by atomic mass is 10.4. The molecule has 0 aliphatic heterocycles. The molecule has 0 aromatic carbocycles. The van der Waals surface area contributed by atoms with Gasteiger partial charge in [-0.3, -0.25) is 10.5 Å². The minimum Gasteiger partial charge on any atom is -0.480 e. The van der Waals surface area contributed by atoms with E-state index >= 15 is 0 Å². The summed E-state index contributed by atoms with van der Waals surface area (Å²) in [6.07, 6.45) is 0. The Kier molecular flexibility index (Phi) is 4.00. The third-order valence-corrected chi connectivity index (χ3v) is 0.727. The van der Waals surface area contributed by atoms with E-state index in [1.54, 1.807) is 6.92 Å². The zero-order valence-corrected chi connectivity index (χ0v) is 5.35. The van der Waals surface area contributed by atoms with E-state index in [0.717, 1.165) is 0 Å². The normalized spacial score (nSPS) is 13.1. The van der Waals surface area contributed by atoms with Crippen molar-refractivity contribution in [2.75, 3.05) is 13.1 Å². The number of aliphatic carboxylic acids is 1. The van der Waals surface area contributed by atoms with Crippen molar-refractivity contribution in [1.29, 1.82) is 0 Å². The zero-order chi connectivity index (χ0) is 7.28. The van der Waals surface area contributed by atoms with Gasteiger partial charge < -0.3 is 10.4 Å². The summed E-state index contributed by atoms with van der Waals surface area (Å²) in [5.74, 6) is -0.879. The highest BCUT2D eigenvalue weighted by Crippen LogP contribution is 1.71. The quantitative estimate of drug-likeness (QED) is 0.531. The summed E-state index contributed by atoms with van der Waals surface area (Å²) < 4.78 is 0. The van der Waals surface area contributed by atoms with Crippen LogP contribution in [-0.4, -0.2) is 30.2 Å². The Morgan fingerprint density at radius 1 is 1.89 bits per heavy atom. The van der Waals surface area contributed by atoms with Crippen molar-refractivity contribution in [2.24, 2.45) is 0 Å². The molecule has 0 amide bonds. The summed E-state index contributed by atoms with van der Waals surface area (Å²) in [4.78, 5) is 9.86. The summed E-state index contributed by atoms with van der Waals surface area (Å²) >= 11 is 0. The molecule has 4 nitrogen and oxygen atoms in total. The van der Waals surface area contributed by atoms with E-state index in [1.807, 2.05) is 0 Å². The number of carboxylic acid groups (broad SMARTS) is 1. The Morgan fingerprint density at radius 2 is 2.44 bits per heavy atom. The van der Waals surface area contributed by atoms with Gasteiger partial charge in [0.2, 0.25) is 0 Å². The van der Waals surface area contributed by atoms with Crippen LogP contribution >= 0.6 is 0 Å². The highest BCUT2D eigenvalue weighted by atomic mass is 16.4. The summed E-state index contributed by atoms with van der Waals surface area (Å²) in [7, 11) is 0. The van der Waals surface area contributed by atoms with E-state index in [0.29, 0.717) is 6.54 Å². The SMILES string of the molecule is CC([NH])CNCC(=O)O. The maximum absolute atomic E-state index is 9.86. The van der Waals surface area contributed by atoms with Crippen LogP contribution in [-0.2, 0) is 4.79 Å². The predicted octanol–water partition coefficient (Wildman–Crippen LogP) is -0.668. The van der Waals surface area contributed by atoms with Crippen molar-refractivity contribution in [1.82, 2.24) is 11.1 Å². The molecule has 0 saturated carbocycles. The second-order valence-electron chi connectivity index (χ2n) is 1.93. The molecule has 0 saturated heterocycles. The lowest BCUT2D eigenvalue weighted by Gasteiger charge is -2.02. The number of carbonyl (C=O) groups is 1. The number of nitrogens with one attached hydrogen (secondary N) is 2. The van der Waals surface area contributed by atoms with Gasteiger partial charge in [-0.2, -0.15) is 0 Å². The fourth-order valence-corrected chi connectivity index (χ4v) is 0.396. The van der Waals surface area contributed by atoms with Crippen molar-refractivity contribution in [3.63, 3.8) is 0 Å². The second kappa shape index (κ2) is 4.29. The molecule has 0 aliphatic rings. The van der Waals surface area contributed by atoms with Gasteiger partial charge in [-0.05, 0) is 6.92 Å². The fourth-order valence-electron chi connectivity index (χ4n) is 0.396. The van der Waals surface area contributed by atoms with Crippen molar-refractivity contribution in [3.8, 4) is 0 Å². The van der Waals surface area contributed by atoms with Gasteiger partial charge in [-0.1, -0.05) is 0 Å². The Hall–Kier alpha value is -0.610. The van der Waals surface area contributed by atoms with Crippen LogP contribution in [0.5, 0.6) is 0 Å². The molecule has 9 heavy (non-hydrogen) atoms. The molecule has 4 heteroatoms. The van der Waals surface area contributed by atoms with Gasteiger partial charge in [-0.15, -0.1) is 0 Å². The first kappa shape index (κ1) is 8.39. The van der Waals surface area contributed by atoms with Crippen LogP contribution in [0.2, 0.25) is 0 Å². The lowest BCUT2D eigenvalue weighted by molar-refractivity contribution is -0.135. The molecule has 0 rings (SSSR count). The molecule has 3 N–H and O–H groups in total. The van der Waals surface area contributed by atoms with Crippen LogP contribution < -0.4 is 11.1 Å². The Labute approximate surface area is 54.0 Å². The first-order chi connectivity index (χ1) is 4.13. The van der Waals surface area contributed by atoms with Gasteiger partial charge in [0.25, 0.3) is 0 Å². The van der Waals surface area contributed by atoms with Crippen LogP contribution in [0.4, 0.5) is 0 Å². The number of carboxylic acids is 1. The molecule has 1 radical (unpaired) electrons. The van der Waals surface area contributed by atoms with Crippen LogP contribution in [0.1, 0.15) is 6.92 Å². The molecule has 0 aliphatic carbocycles. The third kappa shape index (κ3) is 7.39. The van der Waals surface area contributed by atoms with Crippen molar-refractivity contribution in [2.45, 2.75) is 13.0 Å². The molecule has 53 valence electrons. The van der Waals surface area contributed by atoms with Gasteiger partial charge in [0, 0.05) is 12.6 Å². The molecule has 0 spiro atoms. The van der Waals surface area contributed by atoms with Crippen LogP contribution in [0, 0.1) is 0 Å². The molecule has 0 fully saturated rings. The highest BCUT2D eigenvalue weighted by Gasteiger charge is 1.96. The summed E-state index contributed by atoms with van der Waals surface area (Å²) in [5.41, 5.74) is 6.97. The Bertz CT molecular complexity index is 93.0. The molecule has 0 bridgehead atoms. The highest BCUT2D eigenvalue weighted by molar-refractivity contribution is 5.68.